The van der Waals surface area contributed by atoms with Gasteiger partial charge in [-0.3, -0.25) is 9.48 Å². The first-order chi connectivity index (χ1) is 9.70. The van der Waals surface area contributed by atoms with Gasteiger partial charge < -0.3 is 10.3 Å². The summed E-state index contributed by atoms with van der Waals surface area (Å²) in [7, 11) is 1.81. The van der Waals surface area contributed by atoms with Gasteiger partial charge in [0, 0.05) is 19.2 Å². The van der Waals surface area contributed by atoms with Gasteiger partial charge in [0.15, 0.2) is 0 Å². The quantitative estimate of drug-likeness (QED) is 0.756. The molecule has 6 nitrogen and oxygen atoms in total. The lowest BCUT2D eigenvalue weighted by atomic mass is 10.1. The molecule has 2 heterocycles. The van der Waals surface area contributed by atoms with Crippen LogP contribution in [0.2, 0.25) is 0 Å². The third kappa shape index (κ3) is 2.00. The zero-order chi connectivity index (χ0) is 14.1. The number of nitrogens with zero attached hydrogens (tertiary/aromatic N) is 4. The number of para-hydroxylation sites is 1. The lowest BCUT2D eigenvalue weighted by molar-refractivity contribution is 0.650. The fourth-order valence-electron chi connectivity index (χ4n) is 2.30. The maximum absolute atomic E-state index is 12.5. The summed E-state index contributed by atoms with van der Waals surface area (Å²) in [6.45, 7) is 0.603. The van der Waals surface area contributed by atoms with Crippen molar-refractivity contribution in [1.82, 2.24) is 19.3 Å². The van der Waals surface area contributed by atoms with Crippen LogP contribution in [0.15, 0.2) is 41.5 Å². The van der Waals surface area contributed by atoms with Crippen LogP contribution in [0, 0.1) is 0 Å². The van der Waals surface area contributed by atoms with Crippen LogP contribution in [0.3, 0.4) is 0 Å². The zero-order valence-electron chi connectivity index (χ0n) is 11.2. The second kappa shape index (κ2) is 4.90. The van der Waals surface area contributed by atoms with Gasteiger partial charge in [-0.25, -0.2) is 4.98 Å². The topological polar surface area (TPSA) is 78.7 Å². The molecule has 0 atom stereocenters. The minimum atomic E-state index is -0.0748. The van der Waals surface area contributed by atoms with Gasteiger partial charge in [-0.05, 0) is 17.5 Å². The van der Waals surface area contributed by atoms with Crippen molar-refractivity contribution in [2.24, 2.45) is 12.8 Å². The normalized spacial score (nSPS) is 11.1. The molecule has 0 spiro atoms. The molecule has 20 heavy (non-hydrogen) atoms. The number of hydrogen-bond acceptors (Lipinski definition) is 4. The molecular formula is C14H15N5O. The predicted molar refractivity (Wildman–Crippen MR) is 76.2 cm³/mol. The number of rotatable bonds is 3. The fourth-order valence-corrected chi connectivity index (χ4v) is 2.30. The molecule has 102 valence electrons. The minimum Gasteiger partial charge on any atom is -0.326 e. The Morgan fingerprint density at radius 2 is 2.10 bits per heavy atom. The van der Waals surface area contributed by atoms with Crippen LogP contribution in [0.1, 0.15) is 11.4 Å². The van der Waals surface area contributed by atoms with Gasteiger partial charge in [0.1, 0.15) is 12.2 Å². The second-order valence-corrected chi connectivity index (χ2v) is 4.62. The SMILES string of the molecule is Cn1ncnc1Cn1c(=O)c(CN)cc2ccccc21. The fraction of sp³-hybridized carbons (Fsp3) is 0.214. The van der Waals surface area contributed by atoms with Gasteiger partial charge in [0.2, 0.25) is 0 Å². The average Bonchev–Trinajstić information content (AvgIpc) is 2.87. The predicted octanol–water partition coefficient (Wildman–Crippen LogP) is 0.637. The van der Waals surface area contributed by atoms with Crippen LogP contribution >= 0.6 is 0 Å². The third-order valence-corrected chi connectivity index (χ3v) is 3.40. The second-order valence-electron chi connectivity index (χ2n) is 4.62. The van der Waals surface area contributed by atoms with Crippen molar-refractivity contribution in [3.05, 3.63) is 58.4 Å². The Morgan fingerprint density at radius 1 is 1.30 bits per heavy atom. The van der Waals surface area contributed by atoms with E-state index in [1.807, 2.05) is 37.4 Å². The molecule has 0 radical (unpaired) electrons. The number of aromatic nitrogens is 4. The molecular weight excluding hydrogens is 254 g/mol. The first kappa shape index (κ1) is 12.6. The first-order valence-electron chi connectivity index (χ1n) is 6.35. The summed E-state index contributed by atoms with van der Waals surface area (Å²) >= 11 is 0. The molecule has 0 bridgehead atoms. The number of nitrogens with two attached hydrogens (primary N) is 1. The Bertz CT molecular complexity index is 818. The summed E-state index contributed by atoms with van der Waals surface area (Å²) in [5.74, 6) is 0.728. The highest BCUT2D eigenvalue weighted by Gasteiger charge is 2.10. The molecule has 0 amide bonds. The molecule has 3 aromatic rings. The van der Waals surface area contributed by atoms with Crippen LogP contribution in [-0.4, -0.2) is 19.3 Å². The summed E-state index contributed by atoms with van der Waals surface area (Å²) in [6.07, 6.45) is 1.48. The molecule has 0 aliphatic heterocycles. The van der Waals surface area contributed by atoms with Gasteiger partial charge in [-0.2, -0.15) is 5.10 Å². The van der Waals surface area contributed by atoms with Crippen LogP contribution < -0.4 is 11.3 Å². The zero-order valence-corrected chi connectivity index (χ0v) is 11.2. The van der Waals surface area contributed by atoms with E-state index in [4.69, 9.17) is 5.73 Å². The van der Waals surface area contributed by atoms with E-state index >= 15 is 0 Å². The molecule has 0 aliphatic rings. The van der Waals surface area contributed by atoms with Crippen molar-refractivity contribution in [2.45, 2.75) is 13.1 Å². The maximum Gasteiger partial charge on any atom is 0.255 e. The van der Waals surface area contributed by atoms with Crippen molar-refractivity contribution >= 4 is 10.9 Å². The number of benzene rings is 1. The monoisotopic (exact) mass is 269 g/mol. The van der Waals surface area contributed by atoms with E-state index in [2.05, 4.69) is 10.1 Å². The number of fused-ring (bicyclic) bond motifs is 1. The van der Waals surface area contributed by atoms with Crippen LogP contribution in [0.4, 0.5) is 0 Å². The number of aryl methyl sites for hydroxylation is 1. The molecule has 0 saturated heterocycles. The highest BCUT2D eigenvalue weighted by atomic mass is 16.1. The largest absolute Gasteiger partial charge is 0.326 e. The van der Waals surface area contributed by atoms with Crippen LogP contribution in [-0.2, 0) is 20.1 Å². The summed E-state index contributed by atoms with van der Waals surface area (Å²) in [5.41, 5.74) is 7.07. The van der Waals surface area contributed by atoms with Crippen molar-refractivity contribution in [2.75, 3.05) is 0 Å². The molecule has 0 aliphatic carbocycles. The molecule has 0 fully saturated rings. The minimum absolute atomic E-state index is 0.0748. The van der Waals surface area contributed by atoms with Crippen molar-refractivity contribution in [3.63, 3.8) is 0 Å². The molecule has 1 aromatic carbocycles. The first-order valence-corrected chi connectivity index (χ1v) is 6.35. The number of hydrogen-bond donors (Lipinski definition) is 1. The van der Waals surface area contributed by atoms with Gasteiger partial charge in [-0.15, -0.1) is 0 Å². The van der Waals surface area contributed by atoms with Crippen molar-refractivity contribution in [1.29, 1.82) is 0 Å². The molecule has 3 rings (SSSR count). The average molecular weight is 269 g/mol. The summed E-state index contributed by atoms with van der Waals surface area (Å²) < 4.78 is 3.36. The Morgan fingerprint density at radius 3 is 2.80 bits per heavy atom. The highest BCUT2D eigenvalue weighted by molar-refractivity contribution is 5.79. The van der Waals surface area contributed by atoms with E-state index in [0.717, 1.165) is 16.7 Å². The van der Waals surface area contributed by atoms with Gasteiger partial charge >= 0.3 is 0 Å². The van der Waals surface area contributed by atoms with E-state index in [9.17, 15) is 4.79 Å². The van der Waals surface area contributed by atoms with E-state index in [1.54, 1.807) is 9.25 Å². The number of pyridine rings is 1. The van der Waals surface area contributed by atoms with Gasteiger partial charge in [0.25, 0.3) is 5.56 Å². The van der Waals surface area contributed by atoms with E-state index in [-0.39, 0.29) is 12.1 Å². The molecule has 0 unspecified atom stereocenters. The lowest BCUT2D eigenvalue weighted by Gasteiger charge is -2.11. The molecule has 6 heteroatoms. The summed E-state index contributed by atoms with van der Waals surface area (Å²) in [5, 5.41) is 5.03. The maximum atomic E-state index is 12.5. The Labute approximate surface area is 115 Å². The Balaban J connectivity index is 2.24. The smallest absolute Gasteiger partial charge is 0.255 e. The van der Waals surface area contributed by atoms with Crippen molar-refractivity contribution < 1.29 is 0 Å². The van der Waals surface area contributed by atoms with Crippen LogP contribution in [0.25, 0.3) is 10.9 Å². The Hall–Kier alpha value is -2.47. The lowest BCUT2D eigenvalue weighted by Crippen LogP contribution is -2.27. The van der Waals surface area contributed by atoms with Crippen LogP contribution in [0.5, 0.6) is 0 Å². The highest BCUT2D eigenvalue weighted by Crippen LogP contribution is 2.14. The van der Waals surface area contributed by atoms with E-state index in [1.165, 1.54) is 6.33 Å². The van der Waals surface area contributed by atoms with Crippen molar-refractivity contribution in [3.8, 4) is 0 Å². The van der Waals surface area contributed by atoms with E-state index in [0.29, 0.717) is 12.1 Å². The van der Waals surface area contributed by atoms with Gasteiger partial charge in [-0.1, -0.05) is 18.2 Å². The third-order valence-electron chi connectivity index (χ3n) is 3.40. The summed E-state index contributed by atoms with van der Waals surface area (Å²) in [6, 6.07) is 9.61. The van der Waals surface area contributed by atoms with Gasteiger partial charge in [0.05, 0.1) is 12.1 Å². The standard InChI is InChI=1S/C14H15N5O/c1-18-13(16-9-17-18)8-19-12-5-3-2-4-10(12)6-11(7-15)14(19)20/h2-6,9H,7-8,15H2,1H3. The molecule has 2 N–H and O–H groups in total. The Kier molecular flexibility index (Phi) is 3.08. The van der Waals surface area contributed by atoms with E-state index < -0.39 is 0 Å². The summed E-state index contributed by atoms with van der Waals surface area (Å²) in [4.78, 5) is 16.7. The molecule has 2 aromatic heterocycles. The molecule has 0 saturated carbocycles.